The number of benzene rings is 1. The van der Waals surface area contributed by atoms with Crippen molar-refractivity contribution >= 4 is 32.9 Å². The molecule has 84 valence electrons. The van der Waals surface area contributed by atoms with Crippen molar-refractivity contribution in [2.24, 2.45) is 5.73 Å². The molecule has 5 heteroatoms. The van der Waals surface area contributed by atoms with Gasteiger partial charge in [0.15, 0.2) is 0 Å². The molecule has 1 aromatic carbocycles. The molecule has 0 radical (unpaired) electrons. The maximum absolute atomic E-state index is 10.6. The molecule has 4 nitrogen and oxygen atoms in total. The quantitative estimate of drug-likeness (QED) is 0.905. The highest BCUT2D eigenvalue weighted by Gasteiger charge is 2.18. The van der Waals surface area contributed by atoms with Gasteiger partial charge in [-0.15, -0.1) is 0 Å². The number of carboxylic acid groups (broad SMARTS) is 1. The second kappa shape index (κ2) is 4.27. The van der Waals surface area contributed by atoms with Crippen molar-refractivity contribution in [2.45, 2.75) is 12.5 Å². The van der Waals surface area contributed by atoms with Gasteiger partial charge in [0.2, 0.25) is 0 Å². The van der Waals surface area contributed by atoms with Crippen LogP contribution in [0.25, 0.3) is 11.0 Å². The van der Waals surface area contributed by atoms with Crippen LogP contribution in [-0.4, -0.2) is 17.1 Å². The van der Waals surface area contributed by atoms with Crippen LogP contribution < -0.4 is 5.73 Å². The van der Waals surface area contributed by atoms with E-state index in [9.17, 15) is 4.79 Å². The number of rotatable bonds is 3. The van der Waals surface area contributed by atoms with Crippen LogP contribution in [0.1, 0.15) is 5.76 Å². The summed E-state index contributed by atoms with van der Waals surface area (Å²) in [6.07, 6.45) is 0.171. The number of nitrogens with two attached hydrogens (primary N) is 1. The van der Waals surface area contributed by atoms with Gasteiger partial charge in [-0.2, -0.15) is 0 Å². The number of hydrogen-bond acceptors (Lipinski definition) is 3. The number of carbonyl (C=O) groups is 1. The highest BCUT2D eigenvalue weighted by Crippen LogP contribution is 2.31. The van der Waals surface area contributed by atoms with E-state index >= 15 is 0 Å². The van der Waals surface area contributed by atoms with Crippen LogP contribution in [0.5, 0.6) is 0 Å². The second-order valence-electron chi connectivity index (χ2n) is 3.48. The summed E-state index contributed by atoms with van der Waals surface area (Å²) < 4.78 is 6.31. The SMILES string of the molecule is NC(Cc1oc2ccccc2c1Br)C(=O)O. The maximum Gasteiger partial charge on any atom is 0.320 e. The standard InChI is InChI=1S/C11H10BrNO3/c12-10-6-3-1-2-4-8(6)16-9(10)5-7(13)11(14)15/h1-4,7H,5,13H2,(H,14,15). The van der Waals surface area contributed by atoms with Crippen LogP contribution in [0.2, 0.25) is 0 Å². The Bertz CT molecular complexity index is 535. The van der Waals surface area contributed by atoms with Gasteiger partial charge in [0.1, 0.15) is 17.4 Å². The van der Waals surface area contributed by atoms with E-state index in [1.807, 2.05) is 24.3 Å². The highest BCUT2D eigenvalue weighted by molar-refractivity contribution is 9.10. The maximum atomic E-state index is 10.6. The van der Waals surface area contributed by atoms with Gasteiger partial charge in [-0.1, -0.05) is 12.1 Å². The smallest absolute Gasteiger partial charge is 0.320 e. The Morgan fingerprint density at radius 3 is 2.81 bits per heavy atom. The van der Waals surface area contributed by atoms with Gasteiger partial charge in [-0.3, -0.25) is 4.79 Å². The molecule has 0 bridgehead atoms. The molecule has 0 amide bonds. The molecule has 0 spiro atoms. The molecule has 0 saturated heterocycles. The molecule has 2 rings (SSSR count). The van der Waals surface area contributed by atoms with E-state index in [4.69, 9.17) is 15.3 Å². The van der Waals surface area contributed by atoms with Crippen molar-refractivity contribution in [3.05, 3.63) is 34.5 Å². The third-order valence-corrected chi connectivity index (χ3v) is 3.19. The van der Waals surface area contributed by atoms with Crippen LogP contribution in [-0.2, 0) is 11.2 Å². The lowest BCUT2D eigenvalue weighted by atomic mass is 10.1. The molecule has 0 fully saturated rings. The minimum atomic E-state index is -1.03. The third-order valence-electron chi connectivity index (χ3n) is 2.32. The summed E-state index contributed by atoms with van der Waals surface area (Å²) in [6, 6.07) is 6.54. The molecule has 1 atom stereocenters. The summed E-state index contributed by atoms with van der Waals surface area (Å²) in [5.41, 5.74) is 6.18. The van der Waals surface area contributed by atoms with Crippen molar-refractivity contribution in [1.82, 2.24) is 0 Å². The number of furan rings is 1. The van der Waals surface area contributed by atoms with E-state index in [2.05, 4.69) is 15.9 Å². The zero-order valence-electron chi connectivity index (χ0n) is 8.31. The van der Waals surface area contributed by atoms with Gasteiger partial charge in [0, 0.05) is 11.8 Å². The summed E-state index contributed by atoms with van der Waals surface area (Å²) in [6.45, 7) is 0. The van der Waals surface area contributed by atoms with E-state index in [0.717, 1.165) is 15.4 Å². The van der Waals surface area contributed by atoms with Gasteiger partial charge >= 0.3 is 5.97 Å². The van der Waals surface area contributed by atoms with Crippen molar-refractivity contribution < 1.29 is 14.3 Å². The number of carboxylic acids is 1. The predicted molar refractivity (Wildman–Crippen MR) is 63.2 cm³/mol. The molecule has 2 aromatic rings. The molecule has 16 heavy (non-hydrogen) atoms. The van der Waals surface area contributed by atoms with Crippen molar-refractivity contribution in [2.75, 3.05) is 0 Å². The first-order valence-corrected chi connectivity index (χ1v) is 5.53. The molecule has 0 aliphatic heterocycles. The first-order valence-electron chi connectivity index (χ1n) is 4.74. The summed E-state index contributed by atoms with van der Waals surface area (Å²) >= 11 is 3.39. The summed E-state index contributed by atoms with van der Waals surface area (Å²) in [5, 5.41) is 9.65. The number of aliphatic carboxylic acids is 1. The molecule has 0 aliphatic carbocycles. The van der Waals surface area contributed by atoms with E-state index in [0.29, 0.717) is 5.76 Å². The Morgan fingerprint density at radius 2 is 2.19 bits per heavy atom. The molecular weight excluding hydrogens is 274 g/mol. The Balaban J connectivity index is 2.38. The van der Waals surface area contributed by atoms with E-state index < -0.39 is 12.0 Å². The normalized spacial score (nSPS) is 12.9. The van der Waals surface area contributed by atoms with Gasteiger partial charge in [0.05, 0.1) is 4.47 Å². The van der Waals surface area contributed by atoms with Crippen molar-refractivity contribution in [1.29, 1.82) is 0 Å². The lowest BCUT2D eigenvalue weighted by Gasteiger charge is -2.03. The zero-order valence-corrected chi connectivity index (χ0v) is 9.90. The fraction of sp³-hybridized carbons (Fsp3) is 0.182. The van der Waals surface area contributed by atoms with E-state index in [1.165, 1.54) is 0 Å². The van der Waals surface area contributed by atoms with E-state index in [-0.39, 0.29) is 6.42 Å². The lowest BCUT2D eigenvalue weighted by Crippen LogP contribution is -2.32. The predicted octanol–water partition coefficient (Wildman–Crippen LogP) is 2.15. The molecule has 1 heterocycles. The fourth-order valence-electron chi connectivity index (χ4n) is 1.48. The Morgan fingerprint density at radius 1 is 1.50 bits per heavy atom. The average Bonchev–Trinajstić information content (AvgIpc) is 2.56. The highest BCUT2D eigenvalue weighted by atomic mass is 79.9. The van der Waals surface area contributed by atoms with E-state index in [1.54, 1.807) is 0 Å². The summed E-state index contributed by atoms with van der Waals surface area (Å²) in [4.78, 5) is 10.6. The lowest BCUT2D eigenvalue weighted by molar-refractivity contribution is -0.138. The third kappa shape index (κ3) is 1.96. The Kier molecular flexibility index (Phi) is 2.98. The first kappa shape index (κ1) is 11.2. The molecular formula is C11H10BrNO3. The fourth-order valence-corrected chi connectivity index (χ4v) is 2.05. The Labute approximate surface area is 100 Å². The van der Waals surface area contributed by atoms with Gasteiger partial charge in [-0.25, -0.2) is 0 Å². The van der Waals surface area contributed by atoms with Crippen LogP contribution in [0.4, 0.5) is 0 Å². The Hall–Kier alpha value is -1.33. The molecule has 3 N–H and O–H groups in total. The van der Waals surface area contributed by atoms with Crippen molar-refractivity contribution in [3.8, 4) is 0 Å². The summed E-state index contributed by atoms with van der Waals surface area (Å²) in [7, 11) is 0. The van der Waals surface area contributed by atoms with Crippen molar-refractivity contribution in [3.63, 3.8) is 0 Å². The average molecular weight is 284 g/mol. The number of fused-ring (bicyclic) bond motifs is 1. The largest absolute Gasteiger partial charge is 0.480 e. The number of para-hydroxylation sites is 1. The van der Waals surface area contributed by atoms with Gasteiger partial charge in [-0.05, 0) is 28.1 Å². The first-order chi connectivity index (χ1) is 7.59. The number of hydrogen-bond donors (Lipinski definition) is 2. The minimum absolute atomic E-state index is 0.171. The van der Waals surface area contributed by atoms with Crippen LogP contribution in [0, 0.1) is 0 Å². The van der Waals surface area contributed by atoms with Crippen LogP contribution in [0.3, 0.4) is 0 Å². The van der Waals surface area contributed by atoms with Gasteiger partial charge < -0.3 is 15.3 Å². The number of halogens is 1. The minimum Gasteiger partial charge on any atom is -0.480 e. The van der Waals surface area contributed by atoms with Gasteiger partial charge in [0.25, 0.3) is 0 Å². The van der Waals surface area contributed by atoms with Crippen LogP contribution in [0.15, 0.2) is 33.2 Å². The second-order valence-corrected chi connectivity index (χ2v) is 4.28. The topological polar surface area (TPSA) is 76.5 Å². The molecule has 1 aromatic heterocycles. The molecule has 1 unspecified atom stereocenters. The van der Waals surface area contributed by atoms with Crippen LogP contribution >= 0.6 is 15.9 Å². The summed E-state index contributed by atoms with van der Waals surface area (Å²) in [5.74, 6) is -0.469. The molecule has 0 aliphatic rings. The zero-order chi connectivity index (χ0) is 11.7. The monoisotopic (exact) mass is 283 g/mol. The molecule has 0 saturated carbocycles.